The normalized spacial score (nSPS) is 11.8. The highest BCUT2D eigenvalue weighted by Crippen LogP contribution is 2.44. The van der Waals surface area contributed by atoms with E-state index in [1.807, 2.05) is 48.7 Å². The van der Waals surface area contributed by atoms with Gasteiger partial charge < -0.3 is 29.6 Å². The van der Waals surface area contributed by atoms with Crippen LogP contribution in [0.15, 0.2) is 66.9 Å². The fourth-order valence-electron chi connectivity index (χ4n) is 4.15. The number of hydrogen-bond acceptors (Lipinski definition) is 5. The molecule has 0 aliphatic heterocycles. The molecule has 7 heteroatoms. The molecule has 4 aromatic rings. The molecule has 1 heterocycles. The maximum absolute atomic E-state index is 13.1. The van der Waals surface area contributed by atoms with Gasteiger partial charge in [0.05, 0.1) is 34.0 Å². The van der Waals surface area contributed by atoms with Gasteiger partial charge in [0.25, 0.3) is 5.91 Å². The van der Waals surface area contributed by atoms with E-state index in [2.05, 4.69) is 10.3 Å². The van der Waals surface area contributed by atoms with Crippen LogP contribution in [0.25, 0.3) is 22.0 Å². The van der Waals surface area contributed by atoms with Crippen molar-refractivity contribution in [2.24, 2.45) is 0 Å². The smallest absolute Gasteiger partial charge is 0.251 e. The summed E-state index contributed by atoms with van der Waals surface area (Å²) < 4.78 is 16.4. The summed E-state index contributed by atoms with van der Waals surface area (Å²) in [5, 5.41) is 14.0. The number of fused-ring (bicyclic) bond motifs is 1. The molecule has 1 amide bonds. The lowest BCUT2D eigenvalue weighted by Crippen LogP contribution is -2.39. The van der Waals surface area contributed by atoms with Crippen molar-refractivity contribution in [2.75, 3.05) is 27.9 Å². The standard InChI is InChI=1S/C27H28N2O5/c1-32-24-12-11-22(25(33-2)26(24)34-3)17-7-6-8-18(13-17)27(31)29-20(16-30)14-19-15-28-23-10-5-4-9-21(19)23/h4-13,15,20,28,30H,14,16H2,1-3H3,(H,29,31). The summed E-state index contributed by atoms with van der Waals surface area (Å²) in [5.74, 6) is 1.30. The maximum Gasteiger partial charge on any atom is 0.251 e. The van der Waals surface area contributed by atoms with E-state index < -0.39 is 6.04 Å². The number of H-pyrrole nitrogens is 1. The highest BCUT2D eigenvalue weighted by atomic mass is 16.5. The average Bonchev–Trinajstić information content (AvgIpc) is 3.29. The Morgan fingerprint density at radius 1 is 0.971 bits per heavy atom. The van der Waals surface area contributed by atoms with Crippen molar-refractivity contribution in [3.63, 3.8) is 0 Å². The van der Waals surface area contributed by atoms with Gasteiger partial charge in [-0.05, 0) is 47.9 Å². The van der Waals surface area contributed by atoms with E-state index in [9.17, 15) is 9.90 Å². The van der Waals surface area contributed by atoms with Crippen molar-refractivity contribution in [2.45, 2.75) is 12.5 Å². The van der Waals surface area contributed by atoms with Crippen molar-refractivity contribution in [1.29, 1.82) is 0 Å². The Labute approximate surface area is 198 Å². The van der Waals surface area contributed by atoms with Crippen LogP contribution in [0.1, 0.15) is 15.9 Å². The van der Waals surface area contributed by atoms with Crippen LogP contribution < -0.4 is 19.5 Å². The number of aromatic amines is 1. The lowest BCUT2D eigenvalue weighted by Gasteiger charge is -2.18. The molecule has 1 aromatic heterocycles. The molecule has 176 valence electrons. The first-order valence-electron chi connectivity index (χ1n) is 11.0. The Morgan fingerprint density at radius 3 is 2.50 bits per heavy atom. The van der Waals surface area contributed by atoms with Gasteiger partial charge in [-0.3, -0.25) is 4.79 Å². The van der Waals surface area contributed by atoms with Gasteiger partial charge in [-0.25, -0.2) is 0 Å². The second kappa shape index (κ2) is 10.3. The second-order valence-corrected chi connectivity index (χ2v) is 7.88. The Hall–Kier alpha value is -3.97. The molecule has 0 radical (unpaired) electrons. The van der Waals surface area contributed by atoms with Crippen LogP contribution in [-0.4, -0.2) is 50.0 Å². The van der Waals surface area contributed by atoms with Crippen LogP contribution in [0.5, 0.6) is 17.2 Å². The van der Waals surface area contributed by atoms with E-state index in [-0.39, 0.29) is 12.5 Å². The average molecular weight is 461 g/mol. The zero-order valence-corrected chi connectivity index (χ0v) is 19.4. The number of benzene rings is 3. The molecule has 3 N–H and O–H groups in total. The lowest BCUT2D eigenvalue weighted by atomic mass is 10.0. The first-order valence-corrected chi connectivity index (χ1v) is 11.0. The number of aliphatic hydroxyl groups is 1. The minimum absolute atomic E-state index is 0.172. The molecule has 0 bridgehead atoms. The Morgan fingerprint density at radius 2 is 1.76 bits per heavy atom. The van der Waals surface area contributed by atoms with Crippen LogP contribution in [0.4, 0.5) is 0 Å². The number of methoxy groups -OCH3 is 3. The summed E-state index contributed by atoms with van der Waals surface area (Å²) in [6, 6.07) is 18.4. The Bertz CT molecular complexity index is 1300. The van der Waals surface area contributed by atoms with Crippen molar-refractivity contribution in [1.82, 2.24) is 10.3 Å². The van der Waals surface area contributed by atoms with Gasteiger partial charge >= 0.3 is 0 Å². The molecule has 0 aliphatic rings. The molecule has 3 aromatic carbocycles. The summed E-state index contributed by atoms with van der Waals surface area (Å²) in [6.07, 6.45) is 2.43. The van der Waals surface area contributed by atoms with Gasteiger partial charge in [0.15, 0.2) is 11.5 Å². The molecule has 0 saturated carbocycles. The summed E-state index contributed by atoms with van der Waals surface area (Å²) in [4.78, 5) is 16.3. The molecule has 0 fully saturated rings. The summed E-state index contributed by atoms with van der Waals surface area (Å²) in [5.41, 5.74) is 4.11. The molecule has 0 saturated heterocycles. The highest BCUT2D eigenvalue weighted by molar-refractivity contribution is 5.96. The largest absolute Gasteiger partial charge is 0.493 e. The predicted molar refractivity (Wildman–Crippen MR) is 132 cm³/mol. The van der Waals surface area contributed by atoms with Crippen molar-refractivity contribution in [3.05, 3.63) is 78.0 Å². The highest BCUT2D eigenvalue weighted by Gasteiger charge is 2.19. The zero-order valence-electron chi connectivity index (χ0n) is 19.4. The topological polar surface area (TPSA) is 92.8 Å². The fourth-order valence-corrected chi connectivity index (χ4v) is 4.15. The maximum atomic E-state index is 13.1. The third-order valence-corrected chi connectivity index (χ3v) is 5.84. The number of rotatable bonds is 9. The minimum atomic E-state index is -0.425. The first kappa shape index (κ1) is 23.2. The van der Waals surface area contributed by atoms with Gasteiger partial charge in [0.2, 0.25) is 5.75 Å². The predicted octanol–water partition coefficient (Wildman–Crippen LogP) is 4.19. The van der Waals surface area contributed by atoms with Crippen LogP contribution in [0.3, 0.4) is 0 Å². The Balaban J connectivity index is 1.57. The van der Waals surface area contributed by atoms with Crippen LogP contribution in [0.2, 0.25) is 0 Å². The SMILES string of the molecule is COc1ccc(-c2cccc(C(=O)NC(CO)Cc3c[nH]c4ccccc34)c2)c(OC)c1OC. The lowest BCUT2D eigenvalue weighted by molar-refractivity contribution is 0.0916. The Kier molecular flexibility index (Phi) is 7.04. The van der Waals surface area contributed by atoms with Crippen LogP contribution in [-0.2, 0) is 6.42 Å². The fraction of sp³-hybridized carbons (Fsp3) is 0.222. The monoisotopic (exact) mass is 460 g/mol. The van der Waals surface area contributed by atoms with Gasteiger partial charge in [0, 0.05) is 28.2 Å². The second-order valence-electron chi connectivity index (χ2n) is 7.88. The van der Waals surface area contributed by atoms with E-state index in [1.54, 1.807) is 39.5 Å². The molecule has 1 unspecified atom stereocenters. The van der Waals surface area contributed by atoms with Gasteiger partial charge in [-0.1, -0.05) is 30.3 Å². The molecular formula is C27H28N2O5. The van der Waals surface area contributed by atoms with E-state index in [0.29, 0.717) is 29.2 Å². The number of amides is 1. The molecule has 34 heavy (non-hydrogen) atoms. The molecular weight excluding hydrogens is 432 g/mol. The number of aromatic nitrogens is 1. The third kappa shape index (κ3) is 4.56. The van der Waals surface area contributed by atoms with E-state index >= 15 is 0 Å². The third-order valence-electron chi connectivity index (χ3n) is 5.84. The number of carbonyl (C=O) groups excluding carboxylic acids is 1. The number of carbonyl (C=O) groups is 1. The zero-order chi connectivity index (χ0) is 24.1. The van der Waals surface area contributed by atoms with Crippen molar-refractivity contribution in [3.8, 4) is 28.4 Å². The number of aliphatic hydroxyl groups excluding tert-OH is 1. The summed E-state index contributed by atoms with van der Waals surface area (Å²) >= 11 is 0. The minimum Gasteiger partial charge on any atom is -0.493 e. The molecule has 1 atom stereocenters. The number of ether oxygens (including phenoxy) is 3. The van der Waals surface area contributed by atoms with E-state index in [4.69, 9.17) is 14.2 Å². The molecule has 7 nitrogen and oxygen atoms in total. The summed E-state index contributed by atoms with van der Waals surface area (Å²) in [7, 11) is 4.68. The van der Waals surface area contributed by atoms with Crippen molar-refractivity contribution < 1.29 is 24.1 Å². The number of para-hydroxylation sites is 1. The van der Waals surface area contributed by atoms with Gasteiger partial charge in [0.1, 0.15) is 0 Å². The molecule has 4 rings (SSSR count). The van der Waals surface area contributed by atoms with Crippen LogP contribution >= 0.6 is 0 Å². The van der Waals surface area contributed by atoms with E-state index in [1.165, 1.54) is 0 Å². The van der Waals surface area contributed by atoms with Gasteiger partial charge in [-0.15, -0.1) is 0 Å². The van der Waals surface area contributed by atoms with Crippen molar-refractivity contribution >= 4 is 16.8 Å². The molecule has 0 aliphatic carbocycles. The van der Waals surface area contributed by atoms with Crippen LogP contribution in [0, 0.1) is 0 Å². The quantitative estimate of drug-likeness (QED) is 0.348. The molecule has 0 spiro atoms. The van der Waals surface area contributed by atoms with Gasteiger partial charge in [-0.2, -0.15) is 0 Å². The van der Waals surface area contributed by atoms with E-state index in [0.717, 1.165) is 27.6 Å². The first-order chi connectivity index (χ1) is 16.6. The summed E-state index contributed by atoms with van der Waals surface area (Å²) in [6.45, 7) is -0.172. The number of hydrogen-bond donors (Lipinski definition) is 3. The number of nitrogens with one attached hydrogen (secondary N) is 2.